The van der Waals surface area contributed by atoms with Gasteiger partial charge in [0.25, 0.3) is 5.91 Å². The van der Waals surface area contributed by atoms with E-state index in [9.17, 15) is 13.2 Å². The molecule has 0 spiro atoms. The molecule has 29 heavy (non-hydrogen) atoms. The number of hydrogen-bond acceptors (Lipinski definition) is 6. The molecule has 0 saturated carbocycles. The lowest BCUT2D eigenvalue weighted by Gasteiger charge is -2.05. The molecule has 0 aliphatic rings. The lowest BCUT2D eigenvalue weighted by Crippen LogP contribution is -2.18. The molecule has 1 heterocycles. The van der Waals surface area contributed by atoms with Gasteiger partial charge in [0.2, 0.25) is 0 Å². The fourth-order valence-corrected chi connectivity index (χ4v) is 5.07. The van der Waals surface area contributed by atoms with Crippen molar-refractivity contribution in [2.24, 2.45) is 4.99 Å². The Hall–Kier alpha value is -2.10. The molecule has 0 fully saturated rings. The quantitative estimate of drug-likeness (QED) is 0.550. The third kappa shape index (κ3) is 4.73. The normalized spacial score (nSPS) is 12.4. The van der Waals surface area contributed by atoms with Gasteiger partial charge in [0.15, 0.2) is 14.6 Å². The van der Waals surface area contributed by atoms with E-state index in [-0.39, 0.29) is 10.6 Å². The summed E-state index contributed by atoms with van der Waals surface area (Å²) in [6.45, 7) is 2.31. The van der Waals surface area contributed by atoms with Crippen molar-refractivity contribution >= 4 is 49.1 Å². The highest BCUT2D eigenvalue weighted by molar-refractivity contribution is 7.98. The second kappa shape index (κ2) is 9.15. The lowest BCUT2D eigenvalue weighted by atomic mass is 10.2. The molecule has 2 aromatic carbocycles. The van der Waals surface area contributed by atoms with Gasteiger partial charge in [-0.2, -0.15) is 16.8 Å². The molecule has 3 rings (SSSR count). The van der Waals surface area contributed by atoms with E-state index in [1.165, 1.54) is 35.6 Å². The zero-order valence-corrected chi connectivity index (χ0v) is 18.9. The van der Waals surface area contributed by atoms with Gasteiger partial charge < -0.3 is 9.30 Å². The van der Waals surface area contributed by atoms with Crippen LogP contribution in [0.25, 0.3) is 10.2 Å². The number of carbonyl (C=O) groups is 1. The third-order valence-corrected chi connectivity index (χ3v) is 7.85. The molecule has 154 valence electrons. The first-order chi connectivity index (χ1) is 13.9. The highest BCUT2D eigenvalue weighted by Gasteiger charge is 2.14. The predicted octanol–water partition coefficient (Wildman–Crippen LogP) is 3.61. The standard InChI is InChI=1S/C20H22N2O4S3/c1-4-29(24,25)16-8-5-14(6-9-16)19(23)21-20-22(11-12-27-3)17-13-15(26-2)7-10-18(17)28-20/h5-10,13H,4,11-12H2,1-3H3. The topological polar surface area (TPSA) is 77.7 Å². The molecule has 0 saturated heterocycles. The van der Waals surface area contributed by atoms with Crippen LogP contribution in [-0.2, 0) is 16.4 Å². The van der Waals surface area contributed by atoms with E-state index in [0.717, 1.165) is 21.7 Å². The number of benzene rings is 2. The number of nitrogens with zero attached hydrogens (tertiary/aromatic N) is 2. The Bertz CT molecular complexity index is 1190. The number of thiazole rings is 1. The van der Waals surface area contributed by atoms with Crippen LogP contribution in [0.1, 0.15) is 17.3 Å². The maximum Gasteiger partial charge on any atom is 0.279 e. The maximum absolute atomic E-state index is 12.7. The fraction of sp³-hybridized carbons (Fsp3) is 0.300. The summed E-state index contributed by atoms with van der Waals surface area (Å²) >= 11 is 3.16. The van der Waals surface area contributed by atoms with Crippen LogP contribution in [0.2, 0.25) is 0 Å². The van der Waals surface area contributed by atoms with E-state index >= 15 is 0 Å². The Kier molecular flexibility index (Phi) is 6.81. The molecule has 0 radical (unpaired) electrons. The van der Waals surface area contributed by atoms with Crippen LogP contribution in [0.4, 0.5) is 0 Å². The Morgan fingerprint density at radius 2 is 1.93 bits per heavy atom. The van der Waals surface area contributed by atoms with E-state index < -0.39 is 15.7 Å². The van der Waals surface area contributed by atoms with Crippen LogP contribution in [-0.4, -0.2) is 43.8 Å². The van der Waals surface area contributed by atoms with Gasteiger partial charge in [-0.05, 0) is 42.7 Å². The number of aromatic nitrogens is 1. The number of amides is 1. The van der Waals surface area contributed by atoms with Crippen LogP contribution < -0.4 is 9.54 Å². The van der Waals surface area contributed by atoms with Crippen molar-refractivity contribution in [3.8, 4) is 5.75 Å². The Labute approximate surface area is 178 Å². The smallest absolute Gasteiger partial charge is 0.279 e. The minimum Gasteiger partial charge on any atom is -0.497 e. The van der Waals surface area contributed by atoms with Gasteiger partial charge in [0.05, 0.1) is 28.0 Å². The molecule has 6 nitrogen and oxygen atoms in total. The number of hydrogen-bond donors (Lipinski definition) is 0. The molecule has 0 atom stereocenters. The number of methoxy groups -OCH3 is 1. The molecule has 9 heteroatoms. The number of thioether (sulfide) groups is 1. The molecule has 0 aliphatic carbocycles. The molecule has 3 aromatic rings. The average Bonchev–Trinajstić information content (AvgIpc) is 3.08. The van der Waals surface area contributed by atoms with Gasteiger partial charge in [-0.25, -0.2) is 8.42 Å². The maximum atomic E-state index is 12.7. The van der Waals surface area contributed by atoms with Gasteiger partial charge in [0, 0.05) is 23.9 Å². The Morgan fingerprint density at radius 1 is 1.21 bits per heavy atom. The molecule has 1 amide bonds. The first kappa shape index (κ1) is 21.6. The SMILES string of the molecule is CCS(=O)(=O)c1ccc(C(=O)N=c2sc3ccc(OC)cc3n2CCSC)cc1. The van der Waals surface area contributed by atoms with Crippen molar-refractivity contribution < 1.29 is 17.9 Å². The van der Waals surface area contributed by atoms with Gasteiger partial charge in [-0.3, -0.25) is 4.79 Å². The van der Waals surface area contributed by atoms with Crippen LogP contribution in [0, 0.1) is 0 Å². The molecule has 0 aliphatic heterocycles. The molecular formula is C20H22N2O4S3. The van der Waals surface area contributed by atoms with Crippen molar-refractivity contribution in [2.45, 2.75) is 18.4 Å². The fourth-order valence-electron chi connectivity index (χ4n) is 2.78. The minimum atomic E-state index is -3.30. The largest absolute Gasteiger partial charge is 0.497 e. The predicted molar refractivity (Wildman–Crippen MR) is 119 cm³/mol. The summed E-state index contributed by atoms with van der Waals surface area (Å²) in [5, 5.41) is 0. The monoisotopic (exact) mass is 450 g/mol. The Balaban J connectivity index is 2.03. The number of ether oxygens (including phenoxy) is 1. The highest BCUT2D eigenvalue weighted by atomic mass is 32.2. The van der Waals surface area contributed by atoms with Crippen LogP contribution in [0.15, 0.2) is 52.4 Å². The number of carbonyl (C=O) groups excluding carboxylic acids is 1. The summed E-state index contributed by atoms with van der Waals surface area (Å²) in [5.41, 5.74) is 1.32. The Morgan fingerprint density at radius 3 is 2.55 bits per heavy atom. The van der Waals surface area contributed by atoms with E-state index in [2.05, 4.69) is 4.99 Å². The number of sulfone groups is 1. The van der Waals surface area contributed by atoms with Crippen LogP contribution in [0.5, 0.6) is 5.75 Å². The first-order valence-corrected chi connectivity index (χ1v) is 12.8. The van der Waals surface area contributed by atoms with Crippen molar-refractivity contribution in [1.82, 2.24) is 4.57 Å². The summed E-state index contributed by atoms with van der Waals surface area (Å²) in [6.07, 6.45) is 2.03. The second-order valence-corrected chi connectivity index (χ2v) is 10.5. The van der Waals surface area contributed by atoms with Crippen molar-refractivity contribution in [3.63, 3.8) is 0 Å². The molecule has 1 aromatic heterocycles. The second-order valence-electron chi connectivity index (χ2n) is 6.21. The van der Waals surface area contributed by atoms with Gasteiger partial charge in [0.1, 0.15) is 5.75 Å². The van der Waals surface area contributed by atoms with Crippen LogP contribution in [0.3, 0.4) is 0 Å². The lowest BCUT2D eigenvalue weighted by molar-refractivity contribution is 0.0997. The van der Waals surface area contributed by atoms with Gasteiger partial charge in [-0.15, -0.1) is 0 Å². The van der Waals surface area contributed by atoms with Gasteiger partial charge in [-0.1, -0.05) is 18.3 Å². The number of fused-ring (bicyclic) bond motifs is 1. The first-order valence-electron chi connectivity index (χ1n) is 8.97. The molecule has 0 N–H and O–H groups in total. The summed E-state index contributed by atoms with van der Waals surface area (Å²) in [7, 11) is -1.68. The van der Waals surface area contributed by atoms with Crippen LogP contribution >= 0.6 is 23.1 Å². The van der Waals surface area contributed by atoms with E-state index in [1.807, 2.05) is 29.0 Å². The molecule has 0 bridgehead atoms. The average molecular weight is 451 g/mol. The summed E-state index contributed by atoms with van der Waals surface area (Å²) in [5.74, 6) is 1.25. The van der Waals surface area contributed by atoms with Crippen molar-refractivity contribution in [1.29, 1.82) is 0 Å². The highest BCUT2D eigenvalue weighted by Crippen LogP contribution is 2.23. The number of aryl methyl sites for hydroxylation is 1. The summed E-state index contributed by atoms with van der Waals surface area (Å²) < 4.78 is 32.3. The van der Waals surface area contributed by atoms with Crippen molar-refractivity contribution in [2.75, 3.05) is 24.9 Å². The van der Waals surface area contributed by atoms with Gasteiger partial charge >= 0.3 is 0 Å². The van der Waals surface area contributed by atoms with Crippen molar-refractivity contribution in [3.05, 3.63) is 52.8 Å². The molecular weight excluding hydrogens is 428 g/mol. The molecule has 0 unspecified atom stereocenters. The number of rotatable bonds is 7. The zero-order valence-electron chi connectivity index (χ0n) is 16.4. The summed E-state index contributed by atoms with van der Waals surface area (Å²) in [4.78, 5) is 17.9. The summed E-state index contributed by atoms with van der Waals surface area (Å²) in [6, 6.07) is 11.7. The van der Waals surface area contributed by atoms with E-state index in [1.54, 1.807) is 25.8 Å². The van der Waals surface area contributed by atoms with E-state index in [0.29, 0.717) is 16.9 Å². The van der Waals surface area contributed by atoms with E-state index in [4.69, 9.17) is 4.74 Å². The third-order valence-electron chi connectivity index (χ3n) is 4.45. The minimum absolute atomic E-state index is 0.0192. The zero-order chi connectivity index (χ0) is 21.0.